The Hall–Kier alpha value is -0.970. The minimum atomic E-state index is -0.0786. The molecule has 2 N–H and O–H groups in total. The normalized spacial score (nSPS) is 19.2. The van der Waals surface area contributed by atoms with E-state index in [9.17, 15) is 4.79 Å². The van der Waals surface area contributed by atoms with Gasteiger partial charge in [-0.3, -0.25) is 4.90 Å². The number of allylic oxidation sites excluding steroid dienone is 3. The fraction of sp³-hybridized carbons (Fsp3) is 0.583. The molecule has 1 aliphatic carbocycles. The first-order chi connectivity index (χ1) is 7.81. The zero-order valence-corrected chi connectivity index (χ0v) is 9.38. The number of aliphatic hydroxyl groups excluding tert-OH is 2. The van der Waals surface area contributed by atoms with E-state index in [0.29, 0.717) is 13.1 Å². The molecule has 1 rings (SSSR count). The molecular weight excluding hydrogens is 206 g/mol. The summed E-state index contributed by atoms with van der Waals surface area (Å²) in [6.45, 7) is 2.07. The second kappa shape index (κ2) is 7.33. The Morgan fingerprint density at radius 1 is 1.25 bits per heavy atom. The fourth-order valence-corrected chi connectivity index (χ4v) is 1.82. The number of hydrogen-bond donors (Lipinski definition) is 2. The highest BCUT2D eigenvalue weighted by atomic mass is 16.3. The molecule has 0 aliphatic heterocycles. The van der Waals surface area contributed by atoms with E-state index in [2.05, 4.69) is 0 Å². The van der Waals surface area contributed by atoms with Crippen molar-refractivity contribution in [2.45, 2.75) is 6.42 Å². The van der Waals surface area contributed by atoms with Crippen LogP contribution in [0.3, 0.4) is 0 Å². The van der Waals surface area contributed by atoms with Gasteiger partial charge in [0.1, 0.15) is 6.29 Å². The minimum Gasteiger partial charge on any atom is -0.395 e. The molecule has 0 aromatic rings. The van der Waals surface area contributed by atoms with Gasteiger partial charge in [-0.1, -0.05) is 23.8 Å². The lowest BCUT2D eigenvalue weighted by molar-refractivity contribution is -0.109. The first kappa shape index (κ1) is 13.1. The second-order valence-corrected chi connectivity index (χ2v) is 3.83. The lowest BCUT2D eigenvalue weighted by Gasteiger charge is -2.20. The highest BCUT2D eigenvalue weighted by molar-refractivity contribution is 5.64. The predicted octanol–water partition coefficient (Wildman–Crippen LogP) is -0.0256. The van der Waals surface area contributed by atoms with E-state index < -0.39 is 0 Å². The largest absolute Gasteiger partial charge is 0.395 e. The molecule has 0 aromatic heterocycles. The molecule has 1 aliphatic rings. The van der Waals surface area contributed by atoms with Gasteiger partial charge in [-0.2, -0.15) is 0 Å². The summed E-state index contributed by atoms with van der Waals surface area (Å²) in [6, 6.07) is 0. The van der Waals surface area contributed by atoms with E-state index in [1.807, 2.05) is 23.1 Å². The van der Waals surface area contributed by atoms with Gasteiger partial charge in [0.05, 0.1) is 19.1 Å². The first-order valence-electron chi connectivity index (χ1n) is 5.58. The maximum atomic E-state index is 10.7. The number of rotatable bonds is 8. The number of carbonyl (C=O) groups is 1. The van der Waals surface area contributed by atoms with Crippen LogP contribution in [0.1, 0.15) is 6.42 Å². The van der Waals surface area contributed by atoms with Crippen molar-refractivity contribution in [2.24, 2.45) is 5.92 Å². The average molecular weight is 225 g/mol. The van der Waals surface area contributed by atoms with Crippen LogP contribution in [-0.4, -0.2) is 54.2 Å². The van der Waals surface area contributed by atoms with Crippen LogP contribution in [0.15, 0.2) is 23.8 Å². The third kappa shape index (κ3) is 3.89. The Kier molecular flexibility index (Phi) is 6.00. The van der Waals surface area contributed by atoms with Gasteiger partial charge >= 0.3 is 0 Å². The number of carbonyl (C=O) groups excluding carboxylic acids is 1. The fourth-order valence-electron chi connectivity index (χ4n) is 1.82. The van der Waals surface area contributed by atoms with Gasteiger partial charge in [0.15, 0.2) is 0 Å². The average Bonchev–Trinajstić information content (AvgIpc) is 2.74. The molecule has 0 heterocycles. The zero-order chi connectivity index (χ0) is 11.8. The summed E-state index contributed by atoms with van der Waals surface area (Å²) in [6.07, 6.45) is 7.49. The first-order valence-corrected chi connectivity index (χ1v) is 5.58. The molecule has 0 bridgehead atoms. The summed E-state index contributed by atoms with van der Waals surface area (Å²) < 4.78 is 0. The molecule has 0 radical (unpaired) electrons. The summed E-state index contributed by atoms with van der Waals surface area (Å²) in [5, 5.41) is 17.7. The van der Waals surface area contributed by atoms with E-state index in [-0.39, 0.29) is 19.1 Å². The van der Waals surface area contributed by atoms with Gasteiger partial charge in [-0.05, 0) is 6.42 Å². The Morgan fingerprint density at radius 2 is 1.94 bits per heavy atom. The predicted molar refractivity (Wildman–Crippen MR) is 62.0 cm³/mol. The van der Waals surface area contributed by atoms with Crippen LogP contribution < -0.4 is 0 Å². The summed E-state index contributed by atoms with van der Waals surface area (Å²) in [5.41, 5.74) is 1.11. The molecule has 0 amide bonds. The van der Waals surface area contributed by atoms with E-state index in [1.165, 1.54) is 0 Å². The molecule has 0 spiro atoms. The SMILES string of the molecule is O=CC1C=CC=C1CCN(CCO)CCO. The standard InChI is InChI=1S/C12H19NO3/c14-8-6-13(7-9-15)5-4-11-2-1-3-12(11)10-16/h1-3,10,12,14-15H,4-9H2. The van der Waals surface area contributed by atoms with Gasteiger partial charge in [0.25, 0.3) is 0 Å². The van der Waals surface area contributed by atoms with Crippen LogP contribution in [0.25, 0.3) is 0 Å². The number of nitrogens with zero attached hydrogens (tertiary/aromatic N) is 1. The lowest BCUT2D eigenvalue weighted by atomic mass is 10.0. The second-order valence-electron chi connectivity index (χ2n) is 3.83. The van der Waals surface area contributed by atoms with Crippen LogP contribution in [0.4, 0.5) is 0 Å². The number of hydrogen-bond acceptors (Lipinski definition) is 4. The van der Waals surface area contributed by atoms with Crippen LogP contribution in [0, 0.1) is 5.92 Å². The molecule has 90 valence electrons. The Morgan fingerprint density at radius 3 is 2.50 bits per heavy atom. The van der Waals surface area contributed by atoms with Crippen molar-refractivity contribution < 1.29 is 15.0 Å². The monoisotopic (exact) mass is 225 g/mol. The maximum absolute atomic E-state index is 10.7. The topological polar surface area (TPSA) is 60.8 Å². The van der Waals surface area contributed by atoms with Gasteiger partial charge in [-0.15, -0.1) is 0 Å². The molecule has 16 heavy (non-hydrogen) atoms. The minimum absolute atomic E-state index is 0.0786. The van der Waals surface area contributed by atoms with Crippen molar-refractivity contribution in [3.8, 4) is 0 Å². The van der Waals surface area contributed by atoms with Crippen molar-refractivity contribution in [1.29, 1.82) is 0 Å². The maximum Gasteiger partial charge on any atom is 0.130 e. The van der Waals surface area contributed by atoms with Crippen LogP contribution >= 0.6 is 0 Å². The van der Waals surface area contributed by atoms with Crippen molar-refractivity contribution >= 4 is 6.29 Å². The molecule has 4 heteroatoms. The molecule has 1 atom stereocenters. The molecule has 4 nitrogen and oxygen atoms in total. The van der Waals surface area contributed by atoms with Gasteiger partial charge in [0.2, 0.25) is 0 Å². The van der Waals surface area contributed by atoms with E-state index in [0.717, 1.165) is 24.8 Å². The molecule has 0 aromatic carbocycles. The summed E-state index contributed by atoms with van der Waals surface area (Å²) >= 11 is 0. The van der Waals surface area contributed by atoms with Gasteiger partial charge in [0, 0.05) is 19.6 Å². The number of aliphatic hydroxyl groups is 2. The third-order valence-corrected chi connectivity index (χ3v) is 2.75. The lowest BCUT2D eigenvalue weighted by Crippen LogP contribution is -2.31. The Balaban J connectivity index is 2.34. The van der Waals surface area contributed by atoms with Crippen LogP contribution in [-0.2, 0) is 4.79 Å². The Labute approximate surface area is 95.9 Å². The van der Waals surface area contributed by atoms with E-state index in [1.54, 1.807) is 0 Å². The van der Waals surface area contributed by atoms with Gasteiger partial charge < -0.3 is 15.0 Å². The van der Waals surface area contributed by atoms with Crippen molar-refractivity contribution in [2.75, 3.05) is 32.8 Å². The molecule has 0 saturated carbocycles. The van der Waals surface area contributed by atoms with Crippen molar-refractivity contribution in [3.05, 3.63) is 23.8 Å². The van der Waals surface area contributed by atoms with Crippen molar-refractivity contribution in [3.63, 3.8) is 0 Å². The molecule has 0 fully saturated rings. The zero-order valence-electron chi connectivity index (χ0n) is 9.38. The quantitative estimate of drug-likeness (QED) is 0.570. The van der Waals surface area contributed by atoms with Gasteiger partial charge in [-0.25, -0.2) is 0 Å². The molecular formula is C12H19NO3. The number of aldehydes is 1. The molecule has 0 saturated heterocycles. The van der Waals surface area contributed by atoms with Crippen LogP contribution in [0.5, 0.6) is 0 Å². The summed E-state index contributed by atoms with van der Waals surface area (Å²) in [5.74, 6) is -0.0786. The smallest absolute Gasteiger partial charge is 0.130 e. The van der Waals surface area contributed by atoms with E-state index in [4.69, 9.17) is 10.2 Å². The highest BCUT2D eigenvalue weighted by Crippen LogP contribution is 2.20. The summed E-state index contributed by atoms with van der Waals surface area (Å²) in [7, 11) is 0. The van der Waals surface area contributed by atoms with Crippen LogP contribution in [0.2, 0.25) is 0 Å². The summed E-state index contributed by atoms with van der Waals surface area (Å²) in [4.78, 5) is 12.7. The molecule has 1 unspecified atom stereocenters. The third-order valence-electron chi connectivity index (χ3n) is 2.75. The van der Waals surface area contributed by atoms with E-state index >= 15 is 0 Å². The van der Waals surface area contributed by atoms with Crippen molar-refractivity contribution in [1.82, 2.24) is 4.90 Å². The highest BCUT2D eigenvalue weighted by Gasteiger charge is 2.14. The Bertz CT molecular complexity index is 267.